The van der Waals surface area contributed by atoms with Crippen molar-refractivity contribution in [3.8, 4) is 11.3 Å². The Bertz CT molecular complexity index is 1000. The SMILES string of the molecule is Cc1cc(-c2csc(NC(=O)c3ccc(N4CCCC4=O)cc3)n2)c(C)s1. The Kier molecular flexibility index (Phi) is 4.80. The van der Waals surface area contributed by atoms with Gasteiger partial charge in [-0.25, -0.2) is 4.98 Å². The molecular formula is C20H19N3O2S2. The molecule has 138 valence electrons. The molecule has 0 aliphatic carbocycles. The van der Waals surface area contributed by atoms with E-state index in [4.69, 9.17) is 0 Å². The standard InChI is InChI=1S/C20H19N3O2S2/c1-12-10-16(13(2)27-12)17-11-26-20(21-17)22-19(25)14-5-7-15(8-6-14)23-9-3-4-18(23)24/h5-8,10-11H,3-4,9H2,1-2H3,(H,21,22,25). The summed E-state index contributed by atoms with van der Waals surface area (Å²) in [5.41, 5.74) is 3.40. The number of benzene rings is 1. The second-order valence-electron chi connectivity index (χ2n) is 6.51. The van der Waals surface area contributed by atoms with E-state index in [-0.39, 0.29) is 11.8 Å². The molecule has 0 spiro atoms. The van der Waals surface area contributed by atoms with Gasteiger partial charge in [0.2, 0.25) is 5.91 Å². The summed E-state index contributed by atoms with van der Waals surface area (Å²) in [6.07, 6.45) is 1.48. The molecule has 0 radical (unpaired) electrons. The van der Waals surface area contributed by atoms with E-state index in [9.17, 15) is 9.59 Å². The molecule has 1 N–H and O–H groups in total. The normalized spacial score (nSPS) is 14.0. The smallest absolute Gasteiger partial charge is 0.257 e. The number of carbonyl (C=O) groups excluding carboxylic acids is 2. The molecule has 1 aliphatic rings. The fourth-order valence-electron chi connectivity index (χ4n) is 3.22. The van der Waals surface area contributed by atoms with Gasteiger partial charge in [-0.05, 0) is 50.6 Å². The third-order valence-corrected chi connectivity index (χ3v) is 6.28. The maximum absolute atomic E-state index is 12.5. The van der Waals surface area contributed by atoms with E-state index in [1.165, 1.54) is 21.1 Å². The monoisotopic (exact) mass is 397 g/mol. The van der Waals surface area contributed by atoms with Crippen LogP contribution in [0.3, 0.4) is 0 Å². The number of hydrogen-bond acceptors (Lipinski definition) is 5. The van der Waals surface area contributed by atoms with Crippen molar-refractivity contribution >= 4 is 45.3 Å². The lowest BCUT2D eigenvalue weighted by Gasteiger charge is -2.15. The Morgan fingerprint density at radius 3 is 2.63 bits per heavy atom. The van der Waals surface area contributed by atoms with Crippen LogP contribution in [0.4, 0.5) is 10.8 Å². The summed E-state index contributed by atoms with van der Waals surface area (Å²) in [4.78, 5) is 33.1. The lowest BCUT2D eigenvalue weighted by atomic mass is 10.2. The molecule has 0 bridgehead atoms. The minimum atomic E-state index is -0.201. The summed E-state index contributed by atoms with van der Waals surface area (Å²) < 4.78 is 0. The van der Waals surface area contributed by atoms with Crippen LogP contribution in [0, 0.1) is 13.8 Å². The summed E-state index contributed by atoms with van der Waals surface area (Å²) in [6, 6.07) is 9.26. The van der Waals surface area contributed by atoms with Crippen LogP contribution >= 0.6 is 22.7 Å². The largest absolute Gasteiger partial charge is 0.312 e. The number of aryl methyl sites for hydroxylation is 2. The van der Waals surface area contributed by atoms with Gasteiger partial charge in [-0.2, -0.15) is 0 Å². The number of rotatable bonds is 4. The average molecular weight is 398 g/mol. The van der Waals surface area contributed by atoms with Gasteiger partial charge in [0, 0.05) is 44.9 Å². The molecule has 3 aromatic rings. The third-order valence-electron chi connectivity index (χ3n) is 4.56. The van der Waals surface area contributed by atoms with Crippen LogP contribution in [-0.2, 0) is 4.79 Å². The number of aromatic nitrogens is 1. The number of nitrogens with one attached hydrogen (secondary N) is 1. The van der Waals surface area contributed by atoms with E-state index in [0.717, 1.165) is 29.9 Å². The molecule has 27 heavy (non-hydrogen) atoms. The molecule has 1 aromatic carbocycles. The van der Waals surface area contributed by atoms with Gasteiger partial charge in [0.25, 0.3) is 5.91 Å². The Balaban J connectivity index is 1.46. The lowest BCUT2D eigenvalue weighted by Crippen LogP contribution is -2.23. The van der Waals surface area contributed by atoms with Crippen LogP contribution in [-0.4, -0.2) is 23.3 Å². The van der Waals surface area contributed by atoms with Crippen molar-refractivity contribution in [1.82, 2.24) is 4.98 Å². The van der Waals surface area contributed by atoms with Crippen LogP contribution < -0.4 is 10.2 Å². The highest BCUT2D eigenvalue weighted by Gasteiger charge is 2.21. The maximum Gasteiger partial charge on any atom is 0.257 e. The first-order chi connectivity index (χ1) is 13.0. The Morgan fingerprint density at radius 1 is 1.22 bits per heavy atom. The molecule has 7 heteroatoms. The Hall–Kier alpha value is -2.51. The van der Waals surface area contributed by atoms with E-state index >= 15 is 0 Å². The predicted molar refractivity (Wildman–Crippen MR) is 111 cm³/mol. The van der Waals surface area contributed by atoms with E-state index < -0.39 is 0 Å². The second-order valence-corrected chi connectivity index (χ2v) is 8.83. The molecule has 2 aromatic heterocycles. The minimum absolute atomic E-state index is 0.140. The van der Waals surface area contributed by atoms with Crippen LogP contribution in [0.5, 0.6) is 0 Å². The van der Waals surface area contributed by atoms with Gasteiger partial charge in [0.05, 0.1) is 5.69 Å². The first kappa shape index (κ1) is 17.9. The lowest BCUT2D eigenvalue weighted by molar-refractivity contribution is -0.117. The van der Waals surface area contributed by atoms with Gasteiger partial charge in [0.15, 0.2) is 5.13 Å². The number of anilines is 2. The van der Waals surface area contributed by atoms with Crippen LogP contribution in [0.25, 0.3) is 11.3 Å². The van der Waals surface area contributed by atoms with Crippen molar-refractivity contribution in [2.45, 2.75) is 26.7 Å². The summed E-state index contributed by atoms with van der Waals surface area (Å²) in [5, 5.41) is 5.41. The Labute approximate surface area is 165 Å². The van der Waals surface area contributed by atoms with E-state index in [0.29, 0.717) is 17.1 Å². The molecule has 5 nitrogen and oxygen atoms in total. The number of carbonyl (C=O) groups is 2. The van der Waals surface area contributed by atoms with Crippen LogP contribution in [0.15, 0.2) is 35.7 Å². The van der Waals surface area contributed by atoms with Crippen molar-refractivity contribution in [1.29, 1.82) is 0 Å². The van der Waals surface area contributed by atoms with E-state index in [1.54, 1.807) is 28.4 Å². The van der Waals surface area contributed by atoms with Crippen molar-refractivity contribution in [2.75, 3.05) is 16.8 Å². The zero-order valence-corrected chi connectivity index (χ0v) is 16.7. The van der Waals surface area contributed by atoms with E-state index in [2.05, 4.69) is 30.2 Å². The molecule has 0 unspecified atom stereocenters. The highest BCUT2D eigenvalue weighted by molar-refractivity contribution is 7.14. The van der Waals surface area contributed by atoms with Gasteiger partial charge in [0.1, 0.15) is 0 Å². The molecule has 1 fully saturated rings. The molecule has 0 saturated carbocycles. The fraction of sp³-hybridized carbons (Fsp3) is 0.250. The number of amides is 2. The van der Waals surface area contributed by atoms with Gasteiger partial charge in [-0.1, -0.05) is 0 Å². The maximum atomic E-state index is 12.5. The first-order valence-electron chi connectivity index (χ1n) is 8.76. The molecule has 1 aliphatic heterocycles. The predicted octanol–water partition coefficient (Wildman–Crippen LogP) is 4.87. The molecule has 0 atom stereocenters. The van der Waals surface area contributed by atoms with Gasteiger partial charge >= 0.3 is 0 Å². The fourth-order valence-corrected chi connectivity index (χ4v) is 4.86. The molecular weight excluding hydrogens is 378 g/mol. The Morgan fingerprint density at radius 2 is 2.00 bits per heavy atom. The first-order valence-corrected chi connectivity index (χ1v) is 10.5. The van der Waals surface area contributed by atoms with Crippen molar-refractivity contribution in [3.05, 3.63) is 51.0 Å². The molecule has 2 amide bonds. The third kappa shape index (κ3) is 3.65. The van der Waals surface area contributed by atoms with E-state index in [1.807, 2.05) is 17.5 Å². The molecule has 3 heterocycles. The van der Waals surface area contributed by atoms with Gasteiger partial charge in [-0.3, -0.25) is 14.9 Å². The van der Waals surface area contributed by atoms with Crippen molar-refractivity contribution < 1.29 is 9.59 Å². The number of nitrogens with zero attached hydrogens (tertiary/aromatic N) is 2. The highest BCUT2D eigenvalue weighted by atomic mass is 32.1. The summed E-state index contributed by atoms with van der Waals surface area (Å²) >= 11 is 3.16. The zero-order valence-electron chi connectivity index (χ0n) is 15.1. The number of hydrogen-bond donors (Lipinski definition) is 1. The second kappa shape index (κ2) is 7.25. The topological polar surface area (TPSA) is 62.3 Å². The van der Waals surface area contributed by atoms with Crippen LogP contribution in [0.2, 0.25) is 0 Å². The quantitative estimate of drug-likeness (QED) is 0.683. The number of thiazole rings is 1. The van der Waals surface area contributed by atoms with Crippen LogP contribution in [0.1, 0.15) is 33.0 Å². The van der Waals surface area contributed by atoms with Gasteiger partial charge in [-0.15, -0.1) is 22.7 Å². The zero-order chi connectivity index (χ0) is 19.0. The number of thiophene rings is 1. The summed E-state index contributed by atoms with van der Waals surface area (Å²) in [5.74, 6) is -0.0603. The minimum Gasteiger partial charge on any atom is -0.312 e. The summed E-state index contributed by atoms with van der Waals surface area (Å²) in [7, 11) is 0. The summed E-state index contributed by atoms with van der Waals surface area (Å²) in [6.45, 7) is 4.90. The van der Waals surface area contributed by atoms with Crippen molar-refractivity contribution in [2.24, 2.45) is 0 Å². The highest BCUT2D eigenvalue weighted by Crippen LogP contribution is 2.32. The average Bonchev–Trinajstić information content (AvgIpc) is 3.35. The molecule has 1 saturated heterocycles. The molecule has 4 rings (SSSR count). The van der Waals surface area contributed by atoms with Gasteiger partial charge < -0.3 is 4.90 Å². The van der Waals surface area contributed by atoms with Crippen molar-refractivity contribution in [3.63, 3.8) is 0 Å².